The molecule has 3 nitrogen and oxygen atoms in total. The number of hydrogen-bond donors (Lipinski definition) is 3. The smallest absolute Gasteiger partial charge is 0.0691 e. The molecule has 1 fully saturated rings. The summed E-state index contributed by atoms with van der Waals surface area (Å²) in [6.07, 6.45) is 17.5. The number of hydrogen-bond acceptors (Lipinski definition) is 3. The van der Waals surface area contributed by atoms with Gasteiger partial charge in [-0.25, -0.2) is 0 Å². The summed E-state index contributed by atoms with van der Waals surface area (Å²) in [7, 11) is 0. The maximum Gasteiger partial charge on any atom is 0.0691 e. The normalized spacial score (nSPS) is 26.3. The first kappa shape index (κ1) is 20.9. The van der Waals surface area contributed by atoms with Crippen molar-refractivity contribution < 1.29 is 10.2 Å². The first-order valence-electron chi connectivity index (χ1n) is 10.2. The molecule has 1 heterocycles. The Hall–Kier alpha value is -0.120. The van der Waals surface area contributed by atoms with Crippen LogP contribution in [0.5, 0.6) is 0 Å². The van der Waals surface area contributed by atoms with Crippen LogP contribution in [-0.4, -0.2) is 34.5 Å². The lowest BCUT2D eigenvalue weighted by molar-refractivity contribution is 0.0849. The molecule has 1 rings (SSSR count). The Kier molecular flexibility index (Phi) is 12.0. The molecule has 0 spiro atoms. The van der Waals surface area contributed by atoms with Gasteiger partial charge in [0.05, 0.1) is 12.2 Å². The molecular weight excluding hydrogens is 286 g/mol. The fourth-order valence-corrected chi connectivity index (χ4v) is 3.66. The highest BCUT2D eigenvalue weighted by Gasteiger charge is 2.24. The third-order valence-electron chi connectivity index (χ3n) is 5.31. The quantitative estimate of drug-likeness (QED) is 0.435. The van der Waals surface area contributed by atoms with Gasteiger partial charge in [0.25, 0.3) is 0 Å². The van der Waals surface area contributed by atoms with Crippen LogP contribution in [0.15, 0.2) is 0 Å². The molecule has 23 heavy (non-hydrogen) atoms. The molecule has 3 N–H and O–H groups in total. The Morgan fingerprint density at radius 1 is 0.870 bits per heavy atom. The van der Waals surface area contributed by atoms with Crippen LogP contribution in [0.3, 0.4) is 0 Å². The summed E-state index contributed by atoms with van der Waals surface area (Å²) in [6, 6.07) is 0.907. The van der Waals surface area contributed by atoms with Crippen LogP contribution in [0, 0.1) is 0 Å². The van der Waals surface area contributed by atoms with E-state index < -0.39 is 0 Å². The van der Waals surface area contributed by atoms with Crippen LogP contribution >= 0.6 is 0 Å². The second-order valence-electron chi connectivity index (χ2n) is 7.76. The van der Waals surface area contributed by atoms with Crippen LogP contribution in [0.1, 0.15) is 104 Å². The second kappa shape index (κ2) is 13.2. The van der Waals surface area contributed by atoms with Crippen molar-refractivity contribution in [3.05, 3.63) is 0 Å². The number of nitrogens with one attached hydrogen (secondary N) is 1. The fraction of sp³-hybridized carbons (Fsp3) is 1.00. The van der Waals surface area contributed by atoms with Crippen molar-refractivity contribution in [1.82, 2.24) is 5.32 Å². The molecule has 1 aliphatic heterocycles. The average molecular weight is 328 g/mol. The summed E-state index contributed by atoms with van der Waals surface area (Å²) in [5.41, 5.74) is 0. The van der Waals surface area contributed by atoms with E-state index in [0.717, 1.165) is 19.3 Å². The summed E-state index contributed by atoms with van der Waals surface area (Å²) in [5, 5.41) is 22.4. The zero-order valence-electron chi connectivity index (χ0n) is 15.6. The van der Waals surface area contributed by atoms with E-state index in [0.29, 0.717) is 6.04 Å². The standard InChI is InChI=1S/C20H41NO2/c1-17(22)13-11-9-7-5-3-4-6-8-10-12-14-19-15-16-20(23)18(2)21-19/h17-23H,3-16H2,1-2H3/t17-,18-,19+,20-/m1/s1. The van der Waals surface area contributed by atoms with Crippen LogP contribution < -0.4 is 5.32 Å². The summed E-state index contributed by atoms with van der Waals surface area (Å²) in [6.45, 7) is 3.98. The first-order valence-corrected chi connectivity index (χ1v) is 10.2. The Bertz CT molecular complexity index is 270. The molecule has 1 aliphatic rings. The molecule has 0 radical (unpaired) electrons. The van der Waals surface area contributed by atoms with E-state index in [9.17, 15) is 10.2 Å². The molecule has 0 amide bonds. The highest BCUT2D eigenvalue weighted by molar-refractivity contribution is 4.83. The third-order valence-corrected chi connectivity index (χ3v) is 5.31. The predicted molar refractivity (Wildman–Crippen MR) is 98.7 cm³/mol. The lowest BCUT2D eigenvalue weighted by atomic mass is 9.93. The van der Waals surface area contributed by atoms with Gasteiger partial charge in [-0.15, -0.1) is 0 Å². The number of unbranched alkanes of at least 4 members (excludes halogenated alkanes) is 9. The highest BCUT2D eigenvalue weighted by Crippen LogP contribution is 2.18. The van der Waals surface area contributed by atoms with Crippen molar-refractivity contribution in [3.8, 4) is 0 Å². The Morgan fingerprint density at radius 3 is 1.91 bits per heavy atom. The molecule has 0 aromatic carbocycles. The summed E-state index contributed by atoms with van der Waals surface area (Å²) in [5.74, 6) is 0. The van der Waals surface area contributed by atoms with Crippen molar-refractivity contribution in [2.75, 3.05) is 0 Å². The summed E-state index contributed by atoms with van der Waals surface area (Å²) in [4.78, 5) is 0. The third kappa shape index (κ3) is 11.1. The largest absolute Gasteiger partial charge is 0.393 e. The molecule has 1 saturated heterocycles. The minimum Gasteiger partial charge on any atom is -0.393 e. The van der Waals surface area contributed by atoms with Gasteiger partial charge in [0, 0.05) is 12.1 Å². The lowest BCUT2D eigenvalue weighted by Crippen LogP contribution is -2.48. The van der Waals surface area contributed by atoms with Gasteiger partial charge < -0.3 is 15.5 Å². The molecular formula is C20H41NO2. The zero-order valence-corrected chi connectivity index (χ0v) is 15.6. The maximum atomic E-state index is 9.71. The molecule has 3 heteroatoms. The summed E-state index contributed by atoms with van der Waals surface area (Å²) < 4.78 is 0. The van der Waals surface area contributed by atoms with Crippen LogP contribution in [0.4, 0.5) is 0 Å². The van der Waals surface area contributed by atoms with E-state index in [4.69, 9.17) is 0 Å². The molecule has 0 aromatic rings. The minimum absolute atomic E-state index is 0.118. The van der Waals surface area contributed by atoms with Gasteiger partial charge in [-0.05, 0) is 39.5 Å². The van der Waals surface area contributed by atoms with Crippen LogP contribution in [0.25, 0.3) is 0 Å². The van der Waals surface area contributed by atoms with Gasteiger partial charge in [-0.1, -0.05) is 64.2 Å². The van der Waals surface area contributed by atoms with E-state index in [1.807, 2.05) is 6.92 Å². The van der Waals surface area contributed by atoms with Gasteiger partial charge in [-0.3, -0.25) is 0 Å². The monoisotopic (exact) mass is 327 g/mol. The van der Waals surface area contributed by atoms with Crippen LogP contribution in [0.2, 0.25) is 0 Å². The first-order chi connectivity index (χ1) is 11.1. The molecule has 4 atom stereocenters. The molecule has 0 aromatic heterocycles. The second-order valence-corrected chi connectivity index (χ2v) is 7.76. The molecule has 0 saturated carbocycles. The zero-order chi connectivity index (χ0) is 16.9. The van der Waals surface area contributed by atoms with E-state index >= 15 is 0 Å². The number of aliphatic hydroxyl groups excluding tert-OH is 2. The predicted octanol–water partition coefficient (Wildman–Crippen LogP) is 4.55. The average Bonchev–Trinajstić information content (AvgIpc) is 2.51. The van der Waals surface area contributed by atoms with Gasteiger partial charge >= 0.3 is 0 Å². The van der Waals surface area contributed by atoms with Gasteiger partial charge in [-0.2, -0.15) is 0 Å². The van der Waals surface area contributed by atoms with Crippen LogP contribution in [-0.2, 0) is 0 Å². The van der Waals surface area contributed by atoms with Crippen molar-refractivity contribution in [2.45, 2.75) is 128 Å². The topological polar surface area (TPSA) is 52.5 Å². The molecule has 0 unspecified atom stereocenters. The SMILES string of the molecule is C[C@@H](O)CCCCCCCCCCCC[C@H]1CC[C@@H](O)[C@@H](C)N1. The van der Waals surface area contributed by atoms with E-state index in [1.54, 1.807) is 0 Å². The summed E-state index contributed by atoms with van der Waals surface area (Å²) >= 11 is 0. The number of aliphatic hydroxyl groups is 2. The Balaban J connectivity index is 1.78. The lowest BCUT2D eigenvalue weighted by Gasteiger charge is -2.32. The van der Waals surface area contributed by atoms with Gasteiger partial charge in [0.1, 0.15) is 0 Å². The van der Waals surface area contributed by atoms with Gasteiger partial charge in [0.2, 0.25) is 0 Å². The fourth-order valence-electron chi connectivity index (χ4n) is 3.66. The Morgan fingerprint density at radius 2 is 1.39 bits per heavy atom. The Labute approximate surface area is 144 Å². The molecule has 138 valence electrons. The van der Waals surface area contributed by atoms with E-state index in [-0.39, 0.29) is 18.2 Å². The molecule has 0 bridgehead atoms. The maximum absolute atomic E-state index is 9.71. The molecule has 0 aliphatic carbocycles. The highest BCUT2D eigenvalue weighted by atomic mass is 16.3. The number of piperidine rings is 1. The van der Waals surface area contributed by atoms with Crippen molar-refractivity contribution >= 4 is 0 Å². The van der Waals surface area contributed by atoms with E-state index in [2.05, 4.69) is 12.2 Å². The van der Waals surface area contributed by atoms with Crippen molar-refractivity contribution in [3.63, 3.8) is 0 Å². The van der Waals surface area contributed by atoms with Crippen molar-refractivity contribution in [1.29, 1.82) is 0 Å². The number of rotatable bonds is 13. The van der Waals surface area contributed by atoms with Crippen molar-refractivity contribution in [2.24, 2.45) is 0 Å². The van der Waals surface area contributed by atoms with E-state index in [1.165, 1.54) is 70.6 Å². The minimum atomic E-state index is -0.140. The van der Waals surface area contributed by atoms with Gasteiger partial charge in [0.15, 0.2) is 0 Å².